The predicted octanol–water partition coefficient (Wildman–Crippen LogP) is 3.40. The molecule has 1 aromatic rings. The Morgan fingerprint density at radius 3 is 2.56 bits per heavy atom. The van der Waals surface area contributed by atoms with E-state index in [4.69, 9.17) is 5.73 Å². The lowest BCUT2D eigenvalue weighted by molar-refractivity contribution is 0.400. The molecule has 0 aliphatic heterocycles. The van der Waals surface area contributed by atoms with E-state index >= 15 is 0 Å². The van der Waals surface area contributed by atoms with E-state index in [1.54, 1.807) is 0 Å². The van der Waals surface area contributed by atoms with Gasteiger partial charge in [0.05, 0.1) is 4.47 Å². The van der Waals surface area contributed by atoms with Crippen LogP contribution in [0.2, 0.25) is 0 Å². The van der Waals surface area contributed by atoms with Gasteiger partial charge in [0, 0.05) is 11.6 Å². The molecule has 2 N–H and O–H groups in total. The minimum Gasteiger partial charge on any atom is -0.327 e. The number of rotatable bonds is 3. The molecule has 1 aromatic carbocycles. The molecule has 1 unspecified atom stereocenters. The summed E-state index contributed by atoms with van der Waals surface area (Å²) in [6.45, 7) is 1.90. The fourth-order valence-electron chi connectivity index (χ4n) is 2.04. The second kappa shape index (κ2) is 4.08. The quantitative estimate of drug-likeness (QED) is 0.848. The van der Waals surface area contributed by atoms with Crippen LogP contribution in [0, 0.1) is 17.0 Å². The van der Waals surface area contributed by atoms with Gasteiger partial charge in [-0.05, 0) is 59.7 Å². The topological polar surface area (TPSA) is 26.0 Å². The van der Waals surface area contributed by atoms with Crippen molar-refractivity contribution in [3.05, 3.63) is 33.8 Å². The third-order valence-electron chi connectivity index (χ3n) is 3.53. The van der Waals surface area contributed by atoms with Gasteiger partial charge >= 0.3 is 0 Å². The average Bonchev–Trinajstić information content (AvgIpc) is 3.00. The fourth-order valence-corrected chi connectivity index (χ4v) is 2.41. The maximum atomic E-state index is 13.8. The first-order valence-electron chi connectivity index (χ1n) is 5.34. The molecule has 1 aliphatic carbocycles. The van der Waals surface area contributed by atoms with Crippen LogP contribution in [0.1, 0.15) is 25.3 Å². The van der Waals surface area contributed by atoms with Crippen molar-refractivity contribution in [2.45, 2.75) is 32.2 Å². The lowest BCUT2D eigenvalue weighted by Gasteiger charge is -2.20. The maximum Gasteiger partial charge on any atom is 0.143 e. The Balaban J connectivity index is 2.31. The zero-order valence-electron chi connectivity index (χ0n) is 9.06. The van der Waals surface area contributed by atoms with Crippen LogP contribution in [0.15, 0.2) is 16.6 Å². The summed E-state index contributed by atoms with van der Waals surface area (Å²) < 4.78 is 27.6. The van der Waals surface area contributed by atoms with E-state index in [1.807, 2.05) is 6.92 Å². The van der Waals surface area contributed by atoms with Crippen molar-refractivity contribution in [3.63, 3.8) is 0 Å². The van der Waals surface area contributed by atoms with E-state index in [9.17, 15) is 8.78 Å². The molecule has 0 heterocycles. The zero-order valence-corrected chi connectivity index (χ0v) is 10.7. The summed E-state index contributed by atoms with van der Waals surface area (Å²) >= 11 is 3.07. The lowest BCUT2D eigenvalue weighted by Crippen LogP contribution is -2.30. The highest BCUT2D eigenvalue weighted by atomic mass is 79.9. The van der Waals surface area contributed by atoms with Crippen molar-refractivity contribution in [3.8, 4) is 0 Å². The normalized spacial score (nSPS) is 19.6. The molecule has 1 nitrogen and oxygen atoms in total. The van der Waals surface area contributed by atoms with E-state index in [0.717, 1.165) is 12.8 Å². The van der Waals surface area contributed by atoms with E-state index < -0.39 is 11.6 Å². The van der Waals surface area contributed by atoms with Crippen molar-refractivity contribution >= 4 is 15.9 Å². The van der Waals surface area contributed by atoms with Gasteiger partial charge in [-0.1, -0.05) is 0 Å². The van der Waals surface area contributed by atoms with Crippen LogP contribution in [0.4, 0.5) is 8.78 Å². The molecular weight excluding hydrogens is 276 g/mol. The van der Waals surface area contributed by atoms with E-state index in [1.165, 1.54) is 12.1 Å². The summed E-state index contributed by atoms with van der Waals surface area (Å²) in [7, 11) is 0. The summed E-state index contributed by atoms with van der Waals surface area (Å²) in [6, 6.07) is 2.66. The van der Waals surface area contributed by atoms with Crippen LogP contribution in [-0.2, 0) is 6.42 Å². The van der Waals surface area contributed by atoms with Gasteiger partial charge in [-0.2, -0.15) is 0 Å². The van der Waals surface area contributed by atoms with E-state index in [-0.39, 0.29) is 17.0 Å². The van der Waals surface area contributed by atoms with E-state index in [2.05, 4.69) is 15.9 Å². The molecule has 4 heteroatoms. The molecule has 1 fully saturated rings. The predicted molar refractivity (Wildman–Crippen MR) is 63.1 cm³/mol. The minimum atomic E-state index is -0.494. The standard InChI is InChI=1S/C12H14BrF2N/c1-7(16)12(4-5-12)6-8-10(14)3-2-9(13)11(8)15/h2-3,7H,4-6,16H2,1H3. The second-order valence-corrected chi connectivity index (χ2v) is 5.50. The van der Waals surface area contributed by atoms with Gasteiger partial charge in [-0.3, -0.25) is 0 Å². The van der Waals surface area contributed by atoms with Crippen molar-refractivity contribution < 1.29 is 8.78 Å². The highest BCUT2D eigenvalue weighted by molar-refractivity contribution is 9.10. The van der Waals surface area contributed by atoms with Gasteiger partial charge in [0.2, 0.25) is 0 Å². The molecule has 1 saturated carbocycles. The Hall–Kier alpha value is -0.480. The molecule has 1 aliphatic rings. The summed E-state index contributed by atoms with van der Waals surface area (Å²) in [5.41, 5.74) is 5.92. The van der Waals surface area contributed by atoms with Gasteiger partial charge < -0.3 is 5.73 Å². The molecule has 0 saturated heterocycles. The molecule has 2 rings (SSSR count). The monoisotopic (exact) mass is 289 g/mol. The van der Waals surface area contributed by atoms with E-state index in [0.29, 0.717) is 10.9 Å². The van der Waals surface area contributed by atoms with Gasteiger partial charge in [0.15, 0.2) is 0 Å². The highest BCUT2D eigenvalue weighted by Gasteiger charge is 2.46. The Bertz CT molecular complexity index is 414. The lowest BCUT2D eigenvalue weighted by atomic mass is 9.90. The summed E-state index contributed by atoms with van der Waals surface area (Å²) in [4.78, 5) is 0. The van der Waals surface area contributed by atoms with Crippen LogP contribution in [-0.4, -0.2) is 6.04 Å². The second-order valence-electron chi connectivity index (χ2n) is 4.65. The Morgan fingerprint density at radius 1 is 1.44 bits per heavy atom. The van der Waals surface area contributed by atoms with Crippen LogP contribution >= 0.6 is 15.9 Å². The SMILES string of the molecule is CC(N)C1(Cc2c(F)ccc(Br)c2F)CC1. The molecule has 16 heavy (non-hydrogen) atoms. The number of hydrogen-bond donors (Lipinski definition) is 1. The number of halogens is 3. The average molecular weight is 290 g/mol. The highest BCUT2D eigenvalue weighted by Crippen LogP contribution is 2.51. The molecule has 0 radical (unpaired) electrons. The van der Waals surface area contributed by atoms with Crippen LogP contribution in [0.5, 0.6) is 0 Å². The molecule has 0 bridgehead atoms. The van der Waals surface area contributed by atoms with Crippen LogP contribution in [0.3, 0.4) is 0 Å². The molecule has 0 aromatic heterocycles. The molecular formula is C12H14BrF2N. The molecule has 88 valence electrons. The number of nitrogens with two attached hydrogens (primary N) is 1. The molecule has 0 spiro atoms. The van der Waals surface area contributed by atoms with Gasteiger partial charge in [-0.25, -0.2) is 8.78 Å². The van der Waals surface area contributed by atoms with Crippen molar-refractivity contribution in [1.82, 2.24) is 0 Å². The van der Waals surface area contributed by atoms with Gasteiger partial charge in [-0.15, -0.1) is 0 Å². The fraction of sp³-hybridized carbons (Fsp3) is 0.500. The third kappa shape index (κ3) is 2.00. The zero-order chi connectivity index (χ0) is 11.9. The Morgan fingerprint density at radius 2 is 2.06 bits per heavy atom. The van der Waals surface area contributed by atoms with Crippen molar-refractivity contribution in [2.75, 3.05) is 0 Å². The largest absolute Gasteiger partial charge is 0.327 e. The van der Waals surface area contributed by atoms with Crippen molar-refractivity contribution in [1.29, 1.82) is 0 Å². The first kappa shape index (κ1) is 12.0. The minimum absolute atomic E-state index is 0.0229. The maximum absolute atomic E-state index is 13.8. The van der Waals surface area contributed by atoms with Crippen molar-refractivity contribution in [2.24, 2.45) is 11.1 Å². The summed E-state index contributed by atoms with van der Waals surface area (Å²) in [5, 5.41) is 0. The first-order valence-corrected chi connectivity index (χ1v) is 6.13. The molecule has 1 atom stereocenters. The summed E-state index contributed by atoms with van der Waals surface area (Å²) in [5.74, 6) is -0.973. The smallest absolute Gasteiger partial charge is 0.143 e. The van der Waals surface area contributed by atoms with Crippen LogP contribution in [0.25, 0.3) is 0 Å². The number of benzene rings is 1. The summed E-state index contributed by atoms with van der Waals surface area (Å²) in [6.07, 6.45) is 2.30. The first-order chi connectivity index (χ1) is 7.46. The Labute approximate surface area is 102 Å². The van der Waals surface area contributed by atoms with Gasteiger partial charge in [0.25, 0.3) is 0 Å². The number of hydrogen-bond acceptors (Lipinski definition) is 1. The van der Waals surface area contributed by atoms with Gasteiger partial charge in [0.1, 0.15) is 11.6 Å². The third-order valence-corrected chi connectivity index (χ3v) is 4.14. The van der Waals surface area contributed by atoms with Crippen LogP contribution < -0.4 is 5.73 Å². The molecule has 0 amide bonds. The Kier molecular flexibility index (Phi) is 3.05.